The SMILES string of the molecule is CC1CC(NC(=O)NC(C)C)C1. The summed E-state index contributed by atoms with van der Waals surface area (Å²) in [6, 6.07) is 0.614. The zero-order valence-corrected chi connectivity index (χ0v) is 8.05. The molecule has 2 N–H and O–H groups in total. The molecule has 12 heavy (non-hydrogen) atoms. The van der Waals surface area contributed by atoms with Crippen LogP contribution in [0, 0.1) is 5.92 Å². The summed E-state index contributed by atoms with van der Waals surface area (Å²) in [5.74, 6) is 0.786. The van der Waals surface area contributed by atoms with E-state index in [4.69, 9.17) is 0 Å². The molecule has 3 nitrogen and oxygen atoms in total. The molecule has 0 unspecified atom stereocenters. The third-order valence-corrected chi connectivity index (χ3v) is 2.13. The van der Waals surface area contributed by atoms with E-state index in [-0.39, 0.29) is 12.1 Å². The number of amides is 2. The Balaban J connectivity index is 2.11. The minimum Gasteiger partial charge on any atom is -0.336 e. The summed E-state index contributed by atoms with van der Waals surface area (Å²) in [4.78, 5) is 11.1. The molecule has 70 valence electrons. The highest BCUT2D eigenvalue weighted by atomic mass is 16.2. The molecular formula is C9H18N2O. The fourth-order valence-corrected chi connectivity index (χ4v) is 1.51. The van der Waals surface area contributed by atoms with Crippen LogP contribution in [0.15, 0.2) is 0 Å². The molecule has 0 aromatic heterocycles. The maximum absolute atomic E-state index is 11.1. The molecule has 0 atom stereocenters. The Morgan fingerprint density at radius 3 is 2.42 bits per heavy atom. The van der Waals surface area contributed by atoms with Gasteiger partial charge in [0.05, 0.1) is 0 Å². The van der Waals surface area contributed by atoms with E-state index in [0.717, 1.165) is 18.8 Å². The van der Waals surface area contributed by atoms with Crippen LogP contribution in [0.1, 0.15) is 33.6 Å². The van der Waals surface area contributed by atoms with Gasteiger partial charge in [0.15, 0.2) is 0 Å². The fourth-order valence-electron chi connectivity index (χ4n) is 1.51. The Kier molecular flexibility index (Phi) is 2.95. The van der Waals surface area contributed by atoms with Gasteiger partial charge in [0.1, 0.15) is 0 Å². The van der Waals surface area contributed by atoms with Gasteiger partial charge in [-0.25, -0.2) is 4.79 Å². The number of nitrogens with one attached hydrogen (secondary N) is 2. The van der Waals surface area contributed by atoms with E-state index in [1.165, 1.54) is 0 Å². The third kappa shape index (κ3) is 2.72. The number of carbonyl (C=O) groups excluding carboxylic acids is 1. The van der Waals surface area contributed by atoms with Crippen molar-refractivity contribution in [3.63, 3.8) is 0 Å². The second kappa shape index (κ2) is 3.78. The standard InChI is InChI=1S/C9H18N2O/c1-6(2)10-9(12)11-8-4-7(3)5-8/h6-8H,4-5H2,1-3H3,(H2,10,11,12). The fraction of sp³-hybridized carbons (Fsp3) is 0.889. The second-order valence-corrected chi connectivity index (χ2v) is 4.05. The summed E-state index contributed by atoms with van der Waals surface area (Å²) in [6.45, 7) is 6.13. The van der Waals surface area contributed by atoms with E-state index in [9.17, 15) is 4.79 Å². The molecule has 0 aromatic rings. The highest BCUT2D eigenvalue weighted by Crippen LogP contribution is 2.25. The molecule has 0 heterocycles. The van der Waals surface area contributed by atoms with E-state index in [0.29, 0.717) is 6.04 Å². The minimum absolute atomic E-state index is 0.0260. The monoisotopic (exact) mass is 170 g/mol. The molecule has 1 aliphatic carbocycles. The maximum atomic E-state index is 11.1. The zero-order valence-electron chi connectivity index (χ0n) is 8.05. The summed E-state index contributed by atoms with van der Waals surface area (Å²) in [6.07, 6.45) is 2.26. The molecule has 1 rings (SSSR count). The van der Waals surface area contributed by atoms with Crippen LogP contribution in [0.3, 0.4) is 0 Å². The Morgan fingerprint density at radius 2 is 2.00 bits per heavy atom. The van der Waals surface area contributed by atoms with Gasteiger partial charge < -0.3 is 10.6 Å². The smallest absolute Gasteiger partial charge is 0.315 e. The van der Waals surface area contributed by atoms with Crippen LogP contribution in [0.5, 0.6) is 0 Å². The maximum Gasteiger partial charge on any atom is 0.315 e. The lowest BCUT2D eigenvalue weighted by molar-refractivity contribution is 0.208. The van der Waals surface area contributed by atoms with Crippen molar-refractivity contribution >= 4 is 6.03 Å². The van der Waals surface area contributed by atoms with Crippen LogP contribution in [0.2, 0.25) is 0 Å². The van der Waals surface area contributed by atoms with Gasteiger partial charge in [-0.1, -0.05) is 6.92 Å². The van der Waals surface area contributed by atoms with Crippen LogP contribution >= 0.6 is 0 Å². The summed E-state index contributed by atoms with van der Waals surface area (Å²) >= 11 is 0. The van der Waals surface area contributed by atoms with Crippen LogP contribution in [-0.4, -0.2) is 18.1 Å². The summed E-state index contributed by atoms with van der Waals surface area (Å²) in [5.41, 5.74) is 0. The van der Waals surface area contributed by atoms with Crippen LogP contribution in [0.25, 0.3) is 0 Å². The lowest BCUT2D eigenvalue weighted by Crippen LogP contribution is -2.49. The van der Waals surface area contributed by atoms with Crippen LogP contribution < -0.4 is 10.6 Å². The van der Waals surface area contributed by atoms with Gasteiger partial charge in [0.2, 0.25) is 0 Å². The normalized spacial score (nSPS) is 28.0. The molecule has 3 heteroatoms. The van der Waals surface area contributed by atoms with Crippen molar-refractivity contribution in [1.29, 1.82) is 0 Å². The second-order valence-electron chi connectivity index (χ2n) is 4.05. The Hall–Kier alpha value is -0.730. The molecule has 1 aliphatic rings. The molecular weight excluding hydrogens is 152 g/mol. The van der Waals surface area contributed by atoms with Crippen molar-refractivity contribution in [3.05, 3.63) is 0 Å². The van der Waals surface area contributed by atoms with Gasteiger partial charge in [-0.05, 0) is 32.6 Å². The van der Waals surface area contributed by atoms with Gasteiger partial charge in [-0.15, -0.1) is 0 Å². The highest BCUT2D eigenvalue weighted by Gasteiger charge is 2.26. The topological polar surface area (TPSA) is 41.1 Å². The molecule has 0 bridgehead atoms. The van der Waals surface area contributed by atoms with E-state index in [1.807, 2.05) is 13.8 Å². The van der Waals surface area contributed by atoms with E-state index in [1.54, 1.807) is 0 Å². The number of hydrogen-bond donors (Lipinski definition) is 2. The van der Waals surface area contributed by atoms with Crippen molar-refractivity contribution in [1.82, 2.24) is 10.6 Å². The number of urea groups is 1. The molecule has 0 aliphatic heterocycles. The molecule has 1 saturated carbocycles. The van der Waals surface area contributed by atoms with Crippen molar-refractivity contribution in [2.45, 2.75) is 45.7 Å². The lowest BCUT2D eigenvalue weighted by atomic mass is 9.82. The van der Waals surface area contributed by atoms with Crippen molar-refractivity contribution in [2.75, 3.05) is 0 Å². The highest BCUT2D eigenvalue weighted by molar-refractivity contribution is 5.74. The summed E-state index contributed by atoms with van der Waals surface area (Å²) < 4.78 is 0. The quantitative estimate of drug-likeness (QED) is 0.647. The average molecular weight is 170 g/mol. The molecule has 0 spiro atoms. The van der Waals surface area contributed by atoms with Crippen molar-refractivity contribution in [3.8, 4) is 0 Å². The lowest BCUT2D eigenvalue weighted by Gasteiger charge is -2.33. The van der Waals surface area contributed by atoms with Gasteiger partial charge in [0, 0.05) is 12.1 Å². The summed E-state index contributed by atoms with van der Waals surface area (Å²) in [5, 5.41) is 5.73. The first-order chi connectivity index (χ1) is 5.58. The average Bonchev–Trinajstić information content (AvgIpc) is 1.82. The van der Waals surface area contributed by atoms with Gasteiger partial charge in [-0.2, -0.15) is 0 Å². The van der Waals surface area contributed by atoms with Gasteiger partial charge in [0.25, 0.3) is 0 Å². The minimum atomic E-state index is -0.0260. The zero-order chi connectivity index (χ0) is 9.14. The third-order valence-electron chi connectivity index (χ3n) is 2.13. The van der Waals surface area contributed by atoms with Crippen molar-refractivity contribution in [2.24, 2.45) is 5.92 Å². The van der Waals surface area contributed by atoms with Gasteiger partial charge >= 0.3 is 6.03 Å². The first kappa shape index (κ1) is 9.36. The largest absolute Gasteiger partial charge is 0.336 e. The van der Waals surface area contributed by atoms with Crippen LogP contribution in [0.4, 0.5) is 4.79 Å². The Labute approximate surface area is 73.9 Å². The molecule has 0 saturated heterocycles. The molecule has 0 radical (unpaired) electrons. The molecule has 0 aromatic carbocycles. The Morgan fingerprint density at radius 1 is 1.42 bits per heavy atom. The number of rotatable bonds is 2. The first-order valence-corrected chi connectivity index (χ1v) is 4.65. The van der Waals surface area contributed by atoms with E-state index in [2.05, 4.69) is 17.6 Å². The first-order valence-electron chi connectivity index (χ1n) is 4.65. The number of hydrogen-bond acceptors (Lipinski definition) is 1. The number of carbonyl (C=O) groups is 1. The van der Waals surface area contributed by atoms with E-state index >= 15 is 0 Å². The predicted molar refractivity (Wildman–Crippen MR) is 49.0 cm³/mol. The predicted octanol–water partition coefficient (Wildman–Crippen LogP) is 1.49. The molecule has 1 fully saturated rings. The summed E-state index contributed by atoms with van der Waals surface area (Å²) in [7, 11) is 0. The molecule has 2 amide bonds. The Bertz CT molecular complexity index is 162. The van der Waals surface area contributed by atoms with Crippen molar-refractivity contribution < 1.29 is 4.79 Å². The van der Waals surface area contributed by atoms with Crippen LogP contribution in [-0.2, 0) is 0 Å². The van der Waals surface area contributed by atoms with E-state index < -0.39 is 0 Å². The van der Waals surface area contributed by atoms with Gasteiger partial charge in [-0.3, -0.25) is 0 Å².